The molecule has 0 bridgehead atoms. The van der Waals surface area contributed by atoms with Crippen LogP contribution in [0, 0.1) is 0 Å². The molecule has 0 radical (unpaired) electrons. The third kappa shape index (κ3) is 2.14. The standard InChI is InChI=1S/C13H15N3O2/c17-9-5-6-16(7-9)8-12-14-11-4-2-1-3-10(11)13(18)15-12/h1-4,9,17H,5-8H2,(H,14,15,18)/t9-/m1/s1. The molecule has 1 aliphatic rings. The molecule has 18 heavy (non-hydrogen) atoms. The average molecular weight is 245 g/mol. The predicted molar refractivity (Wildman–Crippen MR) is 68.3 cm³/mol. The van der Waals surface area contributed by atoms with Crippen LogP contribution in [0.2, 0.25) is 0 Å². The van der Waals surface area contributed by atoms with Gasteiger partial charge in [-0.2, -0.15) is 0 Å². The Bertz CT molecular complexity index is 623. The number of likely N-dealkylation sites (tertiary alicyclic amines) is 1. The third-order valence-electron chi connectivity index (χ3n) is 3.28. The van der Waals surface area contributed by atoms with Crippen molar-refractivity contribution in [2.45, 2.75) is 19.1 Å². The first-order valence-electron chi connectivity index (χ1n) is 6.11. The molecule has 1 atom stereocenters. The summed E-state index contributed by atoms with van der Waals surface area (Å²) in [6.07, 6.45) is 0.537. The Kier molecular flexibility index (Phi) is 2.85. The molecule has 2 heterocycles. The van der Waals surface area contributed by atoms with Crippen molar-refractivity contribution >= 4 is 10.9 Å². The Morgan fingerprint density at radius 2 is 2.28 bits per heavy atom. The summed E-state index contributed by atoms with van der Waals surface area (Å²) in [5, 5.41) is 10.1. The Morgan fingerprint density at radius 3 is 3.06 bits per heavy atom. The Balaban J connectivity index is 1.91. The molecule has 94 valence electrons. The van der Waals surface area contributed by atoms with Gasteiger partial charge < -0.3 is 10.1 Å². The van der Waals surface area contributed by atoms with E-state index in [0.29, 0.717) is 24.3 Å². The summed E-state index contributed by atoms with van der Waals surface area (Å²) >= 11 is 0. The highest BCUT2D eigenvalue weighted by atomic mass is 16.3. The molecule has 1 fully saturated rings. The molecule has 1 aromatic carbocycles. The quantitative estimate of drug-likeness (QED) is 0.808. The van der Waals surface area contributed by atoms with Crippen LogP contribution in [-0.4, -0.2) is 39.2 Å². The normalized spacial score (nSPS) is 20.6. The fraction of sp³-hybridized carbons (Fsp3) is 0.385. The maximum atomic E-state index is 11.9. The Morgan fingerprint density at radius 1 is 1.44 bits per heavy atom. The second-order valence-electron chi connectivity index (χ2n) is 4.71. The number of nitrogens with zero attached hydrogens (tertiary/aromatic N) is 2. The van der Waals surface area contributed by atoms with Gasteiger partial charge in [0.25, 0.3) is 5.56 Å². The number of hydrogen-bond donors (Lipinski definition) is 2. The second kappa shape index (κ2) is 4.51. The summed E-state index contributed by atoms with van der Waals surface area (Å²) in [7, 11) is 0. The first-order valence-corrected chi connectivity index (χ1v) is 6.11. The van der Waals surface area contributed by atoms with E-state index in [1.54, 1.807) is 6.07 Å². The minimum absolute atomic E-state index is 0.102. The van der Waals surface area contributed by atoms with E-state index in [0.717, 1.165) is 18.5 Å². The minimum Gasteiger partial charge on any atom is -0.392 e. The molecule has 0 aliphatic carbocycles. The largest absolute Gasteiger partial charge is 0.392 e. The van der Waals surface area contributed by atoms with Gasteiger partial charge in [0.1, 0.15) is 5.82 Å². The number of aliphatic hydroxyl groups is 1. The van der Waals surface area contributed by atoms with Crippen LogP contribution in [0.4, 0.5) is 0 Å². The molecule has 5 nitrogen and oxygen atoms in total. The first kappa shape index (κ1) is 11.4. The van der Waals surface area contributed by atoms with E-state index in [2.05, 4.69) is 14.9 Å². The zero-order chi connectivity index (χ0) is 12.5. The van der Waals surface area contributed by atoms with E-state index >= 15 is 0 Å². The van der Waals surface area contributed by atoms with Crippen LogP contribution in [0.3, 0.4) is 0 Å². The molecule has 1 aromatic heterocycles. The van der Waals surface area contributed by atoms with Crippen LogP contribution < -0.4 is 5.56 Å². The topological polar surface area (TPSA) is 69.2 Å². The number of H-pyrrole nitrogens is 1. The molecule has 0 spiro atoms. The number of fused-ring (bicyclic) bond motifs is 1. The van der Waals surface area contributed by atoms with Crippen LogP contribution in [0.15, 0.2) is 29.1 Å². The lowest BCUT2D eigenvalue weighted by Gasteiger charge is -2.13. The highest BCUT2D eigenvalue weighted by Crippen LogP contribution is 2.12. The smallest absolute Gasteiger partial charge is 0.258 e. The molecule has 0 unspecified atom stereocenters. The van der Waals surface area contributed by atoms with Crippen LogP contribution in [0.1, 0.15) is 12.2 Å². The Hall–Kier alpha value is -1.72. The van der Waals surface area contributed by atoms with Gasteiger partial charge in [-0.1, -0.05) is 12.1 Å². The molecule has 0 saturated carbocycles. The second-order valence-corrected chi connectivity index (χ2v) is 4.71. The van der Waals surface area contributed by atoms with E-state index in [1.807, 2.05) is 18.2 Å². The highest BCUT2D eigenvalue weighted by molar-refractivity contribution is 5.77. The number of para-hydroxylation sites is 1. The number of β-amino-alcohol motifs (C(OH)–C–C–N with tert-alkyl or cyclic N) is 1. The van der Waals surface area contributed by atoms with Gasteiger partial charge in [-0.3, -0.25) is 9.69 Å². The first-order chi connectivity index (χ1) is 8.72. The monoisotopic (exact) mass is 245 g/mol. The number of aromatic nitrogens is 2. The van der Waals surface area contributed by atoms with Gasteiger partial charge in [-0.25, -0.2) is 4.98 Å². The third-order valence-corrected chi connectivity index (χ3v) is 3.28. The maximum Gasteiger partial charge on any atom is 0.258 e. The zero-order valence-corrected chi connectivity index (χ0v) is 9.97. The van der Waals surface area contributed by atoms with Crippen molar-refractivity contribution in [3.05, 3.63) is 40.4 Å². The highest BCUT2D eigenvalue weighted by Gasteiger charge is 2.20. The molecule has 0 amide bonds. The summed E-state index contributed by atoms with van der Waals surface area (Å²) in [6, 6.07) is 7.31. The van der Waals surface area contributed by atoms with Crippen LogP contribution in [0.5, 0.6) is 0 Å². The van der Waals surface area contributed by atoms with Crippen molar-refractivity contribution < 1.29 is 5.11 Å². The summed E-state index contributed by atoms with van der Waals surface area (Å²) in [4.78, 5) is 21.2. The van der Waals surface area contributed by atoms with E-state index in [9.17, 15) is 9.90 Å². The Labute approximate surface area is 104 Å². The summed E-state index contributed by atoms with van der Waals surface area (Å²) in [5.74, 6) is 0.660. The van der Waals surface area contributed by atoms with Crippen molar-refractivity contribution in [2.24, 2.45) is 0 Å². The fourth-order valence-electron chi connectivity index (χ4n) is 2.38. The van der Waals surface area contributed by atoms with Crippen LogP contribution in [0.25, 0.3) is 10.9 Å². The number of aromatic amines is 1. The van der Waals surface area contributed by atoms with Crippen molar-refractivity contribution in [2.75, 3.05) is 13.1 Å². The zero-order valence-electron chi connectivity index (χ0n) is 9.97. The van der Waals surface area contributed by atoms with Gasteiger partial charge in [0.2, 0.25) is 0 Å². The van der Waals surface area contributed by atoms with Crippen molar-refractivity contribution in [1.29, 1.82) is 0 Å². The predicted octanol–water partition coefficient (Wildman–Crippen LogP) is 0.490. The maximum absolute atomic E-state index is 11.9. The molecule has 1 saturated heterocycles. The van der Waals surface area contributed by atoms with Gasteiger partial charge in [-0.05, 0) is 18.6 Å². The summed E-state index contributed by atoms with van der Waals surface area (Å²) < 4.78 is 0. The van der Waals surface area contributed by atoms with Gasteiger partial charge in [0, 0.05) is 13.1 Å². The number of rotatable bonds is 2. The minimum atomic E-state index is -0.253. The molecule has 2 N–H and O–H groups in total. The summed E-state index contributed by atoms with van der Waals surface area (Å²) in [5.41, 5.74) is 0.617. The number of nitrogens with one attached hydrogen (secondary N) is 1. The SMILES string of the molecule is O=c1[nH]c(CN2CC[C@@H](O)C2)nc2ccccc12. The molecular formula is C13H15N3O2. The van der Waals surface area contributed by atoms with E-state index in [4.69, 9.17) is 0 Å². The molecule has 1 aliphatic heterocycles. The fourth-order valence-corrected chi connectivity index (χ4v) is 2.38. The van der Waals surface area contributed by atoms with E-state index in [1.165, 1.54) is 0 Å². The van der Waals surface area contributed by atoms with Crippen molar-refractivity contribution in [3.63, 3.8) is 0 Å². The summed E-state index contributed by atoms with van der Waals surface area (Å²) in [6.45, 7) is 2.07. The van der Waals surface area contributed by atoms with E-state index < -0.39 is 0 Å². The van der Waals surface area contributed by atoms with Crippen LogP contribution in [-0.2, 0) is 6.54 Å². The average Bonchev–Trinajstić information content (AvgIpc) is 2.75. The molecule has 3 rings (SSSR count). The van der Waals surface area contributed by atoms with Crippen molar-refractivity contribution in [1.82, 2.24) is 14.9 Å². The lowest BCUT2D eigenvalue weighted by Crippen LogP contribution is -2.24. The lowest BCUT2D eigenvalue weighted by atomic mass is 10.2. The number of benzene rings is 1. The number of hydrogen-bond acceptors (Lipinski definition) is 4. The molecule has 5 heteroatoms. The van der Waals surface area contributed by atoms with Crippen molar-refractivity contribution in [3.8, 4) is 0 Å². The van der Waals surface area contributed by atoms with Crippen LogP contribution >= 0.6 is 0 Å². The van der Waals surface area contributed by atoms with Gasteiger partial charge in [0.15, 0.2) is 0 Å². The van der Waals surface area contributed by atoms with E-state index in [-0.39, 0.29) is 11.7 Å². The molecular weight excluding hydrogens is 230 g/mol. The van der Waals surface area contributed by atoms with Gasteiger partial charge in [-0.15, -0.1) is 0 Å². The van der Waals surface area contributed by atoms with Gasteiger partial charge >= 0.3 is 0 Å². The lowest BCUT2D eigenvalue weighted by molar-refractivity contribution is 0.174. The number of aliphatic hydroxyl groups excluding tert-OH is 1. The molecule has 2 aromatic rings. The van der Waals surface area contributed by atoms with Gasteiger partial charge in [0.05, 0.1) is 23.6 Å².